The molecule has 1 aromatic heterocycles. The lowest BCUT2D eigenvalue weighted by molar-refractivity contribution is -0.123. The highest BCUT2D eigenvalue weighted by Crippen LogP contribution is 2.32. The van der Waals surface area contributed by atoms with Crippen molar-refractivity contribution in [3.8, 4) is 0 Å². The third-order valence-corrected chi connectivity index (χ3v) is 6.67. The van der Waals surface area contributed by atoms with E-state index in [1.165, 1.54) is 0 Å². The van der Waals surface area contributed by atoms with Crippen molar-refractivity contribution < 1.29 is 9.59 Å². The molecule has 33 heavy (non-hydrogen) atoms. The van der Waals surface area contributed by atoms with Gasteiger partial charge in [-0.1, -0.05) is 43.3 Å². The molecule has 2 aromatic carbocycles. The zero-order valence-electron chi connectivity index (χ0n) is 18.6. The van der Waals surface area contributed by atoms with Gasteiger partial charge in [-0.3, -0.25) is 19.4 Å². The van der Waals surface area contributed by atoms with Gasteiger partial charge in [-0.2, -0.15) is 4.98 Å². The largest absolute Gasteiger partial charge is 0.339 e. The second kappa shape index (κ2) is 8.69. The summed E-state index contributed by atoms with van der Waals surface area (Å²) >= 11 is 0. The van der Waals surface area contributed by atoms with E-state index in [1.54, 1.807) is 0 Å². The Hall–Kier alpha value is -3.68. The fourth-order valence-electron chi connectivity index (χ4n) is 4.98. The molecule has 0 spiro atoms. The number of H-pyrrole nitrogens is 1. The lowest BCUT2D eigenvalue weighted by atomic mass is 9.92. The molecule has 0 aliphatic carbocycles. The van der Waals surface area contributed by atoms with Crippen LogP contribution in [0.5, 0.6) is 0 Å². The van der Waals surface area contributed by atoms with Gasteiger partial charge in [0.25, 0.3) is 5.56 Å². The lowest BCUT2D eigenvalue weighted by Crippen LogP contribution is -2.43. The van der Waals surface area contributed by atoms with Gasteiger partial charge in [0, 0.05) is 30.1 Å². The first-order valence-electron chi connectivity index (χ1n) is 11.5. The Labute approximate surface area is 191 Å². The van der Waals surface area contributed by atoms with E-state index in [0.29, 0.717) is 17.7 Å². The number of aromatic amines is 1. The van der Waals surface area contributed by atoms with E-state index in [1.807, 2.05) is 42.5 Å². The van der Waals surface area contributed by atoms with Crippen LogP contribution in [-0.2, 0) is 9.59 Å². The molecule has 1 saturated heterocycles. The highest BCUT2D eigenvalue weighted by molar-refractivity contribution is 6.08. The number of aromatic nitrogens is 2. The smallest absolute Gasteiger partial charge is 0.258 e. The minimum absolute atomic E-state index is 0.102. The van der Waals surface area contributed by atoms with E-state index in [2.05, 4.69) is 32.4 Å². The number of amides is 2. The van der Waals surface area contributed by atoms with Crippen LogP contribution >= 0.6 is 0 Å². The predicted molar refractivity (Wildman–Crippen MR) is 129 cm³/mol. The molecule has 2 atom stereocenters. The molecular formula is C25H27N5O3. The van der Waals surface area contributed by atoms with E-state index in [4.69, 9.17) is 0 Å². The Morgan fingerprint density at radius 3 is 2.82 bits per heavy atom. The Kier molecular flexibility index (Phi) is 5.58. The first-order valence-corrected chi connectivity index (χ1v) is 11.5. The lowest BCUT2D eigenvalue weighted by Gasteiger charge is -2.36. The molecule has 5 rings (SSSR count). The molecule has 0 bridgehead atoms. The zero-order valence-corrected chi connectivity index (χ0v) is 18.6. The Balaban J connectivity index is 1.49. The van der Waals surface area contributed by atoms with Crippen LogP contribution in [0.15, 0.2) is 47.3 Å². The van der Waals surface area contributed by atoms with Crippen molar-refractivity contribution in [1.29, 1.82) is 0 Å². The molecule has 3 aromatic rings. The predicted octanol–water partition coefficient (Wildman–Crippen LogP) is 3.76. The molecule has 0 saturated carbocycles. The fraction of sp³-hybridized carbons (Fsp3) is 0.360. The number of anilines is 3. The molecule has 0 unspecified atom stereocenters. The second-order valence-electron chi connectivity index (χ2n) is 8.72. The quantitative estimate of drug-likeness (QED) is 0.567. The Morgan fingerprint density at radius 1 is 1.15 bits per heavy atom. The van der Waals surface area contributed by atoms with Crippen molar-refractivity contribution in [3.05, 3.63) is 58.4 Å². The summed E-state index contributed by atoms with van der Waals surface area (Å²) in [5.41, 5.74) is 0.473. The van der Waals surface area contributed by atoms with Gasteiger partial charge < -0.3 is 15.5 Å². The van der Waals surface area contributed by atoms with Crippen molar-refractivity contribution in [2.45, 2.75) is 51.0 Å². The molecule has 8 heteroatoms. The van der Waals surface area contributed by atoms with E-state index in [0.717, 1.165) is 43.0 Å². The Morgan fingerprint density at radius 2 is 1.97 bits per heavy atom. The maximum absolute atomic E-state index is 13.3. The monoisotopic (exact) mass is 445 g/mol. The van der Waals surface area contributed by atoms with Crippen molar-refractivity contribution >= 4 is 40.0 Å². The average molecular weight is 446 g/mol. The van der Waals surface area contributed by atoms with E-state index >= 15 is 0 Å². The third-order valence-electron chi connectivity index (χ3n) is 6.67. The fourth-order valence-corrected chi connectivity index (χ4v) is 4.98. The van der Waals surface area contributed by atoms with Crippen LogP contribution < -0.4 is 21.1 Å². The third kappa shape index (κ3) is 3.97. The van der Waals surface area contributed by atoms with Gasteiger partial charge in [0.1, 0.15) is 5.82 Å². The number of nitrogens with one attached hydrogen (secondary N) is 3. The number of hydrogen-bond acceptors (Lipinski definition) is 5. The van der Waals surface area contributed by atoms with Crippen LogP contribution in [-0.4, -0.2) is 34.4 Å². The number of carbonyl (C=O) groups is 2. The van der Waals surface area contributed by atoms with E-state index in [9.17, 15) is 14.4 Å². The molecular weight excluding hydrogens is 418 g/mol. The first-order chi connectivity index (χ1) is 16.0. The molecule has 3 N–H and O–H groups in total. The van der Waals surface area contributed by atoms with Crippen LogP contribution in [0.2, 0.25) is 0 Å². The number of fused-ring (bicyclic) bond motifs is 2. The topological polar surface area (TPSA) is 107 Å². The van der Waals surface area contributed by atoms with Gasteiger partial charge in [0.2, 0.25) is 17.8 Å². The van der Waals surface area contributed by atoms with Crippen LogP contribution in [0.1, 0.15) is 50.5 Å². The maximum atomic E-state index is 13.3. The maximum Gasteiger partial charge on any atom is 0.258 e. The zero-order chi connectivity index (χ0) is 22.9. The minimum atomic E-state index is -0.915. The summed E-state index contributed by atoms with van der Waals surface area (Å²) in [5.74, 6) is -0.993. The molecule has 170 valence electrons. The van der Waals surface area contributed by atoms with Gasteiger partial charge in [-0.05, 0) is 37.1 Å². The summed E-state index contributed by atoms with van der Waals surface area (Å²) in [6.45, 7) is 2.92. The molecule has 0 radical (unpaired) electrons. The molecule has 1 fully saturated rings. The molecule has 2 aliphatic rings. The first kappa shape index (κ1) is 21.2. The highest BCUT2D eigenvalue weighted by atomic mass is 16.2. The van der Waals surface area contributed by atoms with Crippen LogP contribution in [0.3, 0.4) is 0 Å². The summed E-state index contributed by atoms with van der Waals surface area (Å²) in [4.78, 5) is 48.5. The number of carbonyl (C=O) groups excluding carboxylic acids is 2. The van der Waals surface area contributed by atoms with Crippen LogP contribution in [0.4, 0.5) is 17.5 Å². The number of benzene rings is 2. The van der Waals surface area contributed by atoms with Crippen molar-refractivity contribution in [1.82, 2.24) is 9.97 Å². The highest BCUT2D eigenvalue weighted by Gasteiger charge is 2.36. The molecule has 3 heterocycles. The number of piperidine rings is 1. The van der Waals surface area contributed by atoms with Crippen LogP contribution in [0, 0.1) is 0 Å². The van der Waals surface area contributed by atoms with Gasteiger partial charge in [-0.25, -0.2) is 0 Å². The van der Waals surface area contributed by atoms with Gasteiger partial charge in [0.05, 0.1) is 11.5 Å². The van der Waals surface area contributed by atoms with Gasteiger partial charge in [0.15, 0.2) is 0 Å². The summed E-state index contributed by atoms with van der Waals surface area (Å²) in [7, 11) is 0. The standard InChI is InChI=1S/C25H27N5O3/c1-2-16-10-5-6-13-30(16)25-28-22-21(24(33)29-25)18(14-20(31)27-22)23(32)26-19-12-7-9-15-8-3-4-11-17(15)19/h3-4,7-9,11-12,16,18H,2,5-6,10,13-14H2,1H3,(H,26,32)(H2,27,28,29,31,33)/t16-,18+/m1/s1. The Bertz CT molecular complexity index is 1280. The summed E-state index contributed by atoms with van der Waals surface area (Å²) in [6, 6.07) is 13.7. The second-order valence-corrected chi connectivity index (χ2v) is 8.72. The molecule has 2 aliphatic heterocycles. The number of hydrogen-bond donors (Lipinski definition) is 3. The van der Waals surface area contributed by atoms with Crippen molar-refractivity contribution in [2.24, 2.45) is 0 Å². The SMILES string of the molecule is CC[C@@H]1CCCCN1c1nc2c(c(=O)[nH]1)[C@@H](C(=O)Nc1cccc3ccccc13)CC(=O)N2. The molecule has 2 amide bonds. The summed E-state index contributed by atoms with van der Waals surface area (Å²) in [6.07, 6.45) is 4.06. The number of rotatable bonds is 4. The van der Waals surface area contributed by atoms with E-state index in [-0.39, 0.29) is 29.3 Å². The number of nitrogens with zero attached hydrogens (tertiary/aromatic N) is 2. The van der Waals surface area contributed by atoms with E-state index < -0.39 is 11.8 Å². The van der Waals surface area contributed by atoms with Crippen molar-refractivity contribution in [3.63, 3.8) is 0 Å². The summed E-state index contributed by atoms with van der Waals surface area (Å²) < 4.78 is 0. The average Bonchev–Trinajstić information content (AvgIpc) is 2.83. The minimum Gasteiger partial charge on any atom is -0.339 e. The normalized spacial score (nSPS) is 20.3. The summed E-state index contributed by atoms with van der Waals surface area (Å²) in [5, 5.41) is 7.53. The van der Waals surface area contributed by atoms with Gasteiger partial charge >= 0.3 is 0 Å². The molecule has 8 nitrogen and oxygen atoms in total. The van der Waals surface area contributed by atoms with Gasteiger partial charge in [-0.15, -0.1) is 0 Å². The van der Waals surface area contributed by atoms with Crippen LogP contribution in [0.25, 0.3) is 10.8 Å². The van der Waals surface area contributed by atoms with Crippen molar-refractivity contribution in [2.75, 3.05) is 22.1 Å².